The van der Waals surface area contributed by atoms with E-state index in [4.69, 9.17) is 0 Å². The Labute approximate surface area is 115 Å². The number of thioether (sulfide) groups is 1. The normalized spacial score (nSPS) is 17.3. The number of aliphatic hydroxyl groups is 1. The average Bonchev–Trinajstić information content (AvgIpc) is 2.78. The number of ketones is 1. The van der Waals surface area contributed by atoms with Gasteiger partial charge in [0.2, 0.25) is 5.78 Å². The molecule has 94 valence electrons. The molecule has 3 rings (SSSR count). The van der Waals surface area contributed by atoms with Gasteiger partial charge in [0.25, 0.3) is 0 Å². The molecule has 0 spiro atoms. The zero-order valence-electron chi connectivity index (χ0n) is 10.1. The summed E-state index contributed by atoms with van der Waals surface area (Å²) in [6.45, 7) is 0. The third-order valence-corrected chi connectivity index (χ3v) is 4.61. The largest absolute Gasteiger partial charge is 0.504 e. The van der Waals surface area contributed by atoms with Crippen molar-refractivity contribution in [3.05, 3.63) is 83.0 Å². The zero-order chi connectivity index (χ0) is 13.3. The standard InChI is InChI=1S/C16H12O2S/c17-14-11-19-16(15(14)18,12-7-3-1-4-8-12)13-9-5-2-6-10-13/h1-11,17H. The lowest BCUT2D eigenvalue weighted by molar-refractivity contribution is -0.119. The molecule has 0 atom stereocenters. The molecule has 0 bridgehead atoms. The Kier molecular flexibility index (Phi) is 2.91. The zero-order valence-corrected chi connectivity index (χ0v) is 10.9. The number of Topliss-reactive ketones (excluding diaryl/α,β-unsaturated/α-hetero) is 1. The lowest BCUT2D eigenvalue weighted by Gasteiger charge is -2.27. The first-order valence-electron chi connectivity index (χ1n) is 5.98. The molecule has 1 aliphatic heterocycles. The lowest BCUT2D eigenvalue weighted by Crippen LogP contribution is -2.31. The molecule has 3 heteroatoms. The first-order chi connectivity index (χ1) is 9.25. The Morgan fingerprint density at radius 3 is 1.68 bits per heavy atom. The monoisotopic (exact) mass is 268 g/mol. The summed E-state index contributed by atoms with van der Waals surface area (Å²) in [6, 6.07) is 19.1. The number of aliphatic hydroxyl groups excluding tert-OH is 1. The SMILES string of the molecule is O=C1C(O)=CSC1(c1ccccc1)c1ccccc1. The molecule has 2 aromatic rings. The maximum Gasteiger partial charge on any atom is 0.222 e. The highest BCUT2D eigenvalue weighted by atomic mass is 32.2. The molecule has 0 saturated carbocycles. The second-order valence-electron chi connectivity index (χ2n) is 4.36. The maximum absolute atomic E-state index is 12.5. The van der Waals surface area contributed by atoms with Crippen molar-refractivity contribution in [1.82, 2.24) is 0 Å². The van der Waals surface area contributed by atoms with Gasteiger partial charge in [0.05, 0.1) is 0 Å². The fraction of sp³-hybridized carbons (Fsp3) is 0.0625. The van der Waals surface area contributed by atoms with Crippen LogP contribution in [0, 0.1) is 0 Å². The van der Waals surface area contributed by atoms with Crippen LogP contribution in [0.15, 0.2) is 71.8 Å². The third-order valence-electron chi connectivity index (χ3n) is 3.26. The molecule has 1 heterocycles. The van der Waals surface area contributed by atoms with Crippen LogP contribution in [-0.2, 0) is 9.54 Å². The number of carbonyl (C=O) groups excluding carboxylic acids is 1. The number of benzene rings is 2. The van der Waals surface area contributed by atoms with Gasteiger partial charge in [-0.2, -0.15) is 0 Å². The minimum absolute atomic E-state index is 0.169. The van der Waals surface area contributed by atoms with Crippen LogP contribution >= 0.6 is 11.8 Å². The van der Waals surface area contributed by atoms with Crippen LogP contribution in [-0.4, -0.2) is 10.9 Å². The van der Waals surface area contributed by atoms with Crippen molar-refractivity contribution in [1.29, 1.82) is 0 Å². The van der Waals surface area contributed by atoms with Crippen LogP contribution in [0.4, 0.5) is 0 Å². The molecular weight excluding hydrogens is 256 g/mol. The summed E-state index contributed by atoms with van der Waals surface area (Å²) in [6.07, 6.45) is 0. The number of carbonyl (C=O) groups is 1. The van der Waals surface area contributed by atoms with Crippen molar-refractivity contribution in [2.75, 3.05) is 0 Å². The van der Waals surface area contributed by atoms with Gasteiger partial charge in [-0.3, -0.25) is 4.79 Å². The van der Waals surface area contributed by atoms with Crippen molar-refractivity contribution in [3.8, 4) is 0 Å². The van der Waals surface area contributed by atoms with E-state index in [1.54, 1.807) is 0 Å². The smallest absolute Gasteiger partial charge is 0.222 e. The van der Waals surface area contributed by atoms with Crippen LogP contribution in [0.3, 0.4) is 0 Å². The summed E-state index contributed by atoms with van der Waals surface area (Å²) in [5.41, 5.74) is 1.77. The second kappa shape index (κ2) is 4.59. The Morgan fingerprint density at radius 1 is 0.842 bits per heavy atom. The average molecular weight is 268 g/mol. The van der Waals surface area contributed by atoms with E-state index in [1.807, 2.05) is 60.7 Å². The van der Waals surface area contributed by atoms with Crippen LogP contribution in [0.5, 0.6) is 0 Å². The highest BCUT2D eigenvalue weighted by Gasteiger charge is 2.47. The van der Waals surface area contributed by atoms with Crippen molar-refractivity contribution < 1.29 is 9.90 Å². The molecule has 0 saturated heterocycles. The van der Waals surface area contributed by atoms with E-state index in [9.17, 15) is 9.90 Å². The van der Waals surface area contributed by atoms with Crippen LogP contribution in [0.25, 0.3) is 0 Å². The number of rotatable bonds is 2. The van der Waals surface area contributed by atoms with Crippen molar-refractivity contribution in [2.45, 2.75) is 4.75 Å². The number of allylic oxidation sites excluding steroid dienone is 1. The topological polar surface area (TPSA) is 37.3 Å². The van der Waals surface area contributed by atoms with Gasteiger partial charge in [0, 0.05) is 5.41 Å². The van der Waals surface area contributed by atoms with Gasteiger partial charge >= 0.3 is 0 Å². The molecule has 2 aromatic carbocycles. The quantitative estimate of drug-likeness (QED) is 0.903. The molecular formula is C16H12O2S. The Bertz CT molecular complexity index is 593. The molecule has 0 aromatic heterocycles. The fourth-order valence-electron chi connectivity index (χ4n) is 2.34. The van der Waals surface area contributed by atoms with E-state index >= 15 is 0 Å². The summed E-state index contributed by atoms with van der Waals surface area (Å²) in [5.74, 6) is -0.424. The maximum atomic E-state index is 12.5. The molecule has 0 amide bonds. The summed E-state index contributed by atoms with van der Waals surface area (Å²) < 4.78 is -0.855. The van der Waals surface area contributed by atoms with E-state index in [0.29, 0.717) is 0 Å². The van der Waals surface area contributed by atoms with Crippen molar-refractivity contribution in [3.63, 3.8) is 0 Å². The number of hydrogen-bond donors (Lipinski definition) is 1. The highest BCUT2D eigenvalue weighted by molar-refractivity contribution is 8.04. The highest BCUT2D eigenvalue weighted by Crippen LogP contribution is 2.49. The predicted octanol–water partition coefficient (Wildman–Crippen LogP) is 3.65. The molecule has 0 unspecified atom stereocenters. The van der Waals surface area contributed by atoms with Crippen molar-refractivity contribution in [2.24, 2.45) is 0 Å². The van der Waals surface area contributed by atoms with E-state index in [1.165, 1.54) is 17.2 Å². The molecule has 0 radical (unpaired) electrons. The van der Waals surface area contributed by atoms with E-state index in [-0.39, 0.29) is 11.5 Å². The third kappa shape index (κ3) is 1.78. The van der Waals surface area contributed by atoms with Gasteiger partial charge in [-0.15, -0.1) is 11.8 Å². The van der Waals surface area contributed by atoms with Crippen molar-refractivity contribution >= 4 is 17.5 Å². The minimum atomic E-state index is -0.855. The molecule has 0 aliphatic carbocycles. The van der Waals surface area contributed by atoms with Gasteiger partial charge in [-0.1, -0.05) is 60.7 Å². The van der Waals surface area contributed by atoms with E-state index < -0.39 is 4.75 Å². The second-order valence-corrected chi connectivity index (χ2v) is 5.45. The summed E-state index contributed by atoms with van der Waals surface area (Å²) >= 11 is 1.35. The molecule has 2 nitrogen and oxygen atoms in total. The minimum Gasteiger partial charge on any atom is -0.504 e. The molecule has 19 heavy (non-hydrogen) atoms. The van der Waals surface area contributed by atoms with Crippen LogP contribution in [0.2, 0.25) is 0 Å². The molecule has 1 N–H and O–H groups in total. The lowest BCUT2D eigenvalue weighted by atomic mass is 9.86. The van der Waals surface area contributed by atoms with Gasteiger partial charge < -0.3 is 5.11 Å². The fourth-order valence-corrected chi connectivity index (χ4v) is 3.49. The first-order valence-corrected chi connectivity index (χ1v) is 6.86. The van der Waals surface area contributed by atoms with E-state index in [0.717, 1.165) is 11.1 Å². The Balaban J connectivity index is 2.22. The Morgan fingerprint density at radius 2 is 1.32 bits per heavy atom. The predicted molar refractivity (Wildman–Crippen MR) is 77.0 cm³/mol. The van der Waals surface area contributed by atoms with Gasteiger partial charge in [0.1, 0.15) is 4.75 Å². The van der Waals surface area contributed by atoms with Crippen LogP contribution < -0.4 is 0 Å². The van der Waals surface area contributed by atoms with Gasteiger partial charge in [0.15, 0.2) is 5.76 Å². The summed E-state index contributed by atoms with van der Waals surface area (Å²) in [4.78, 5) is 12.5. The van der Waals surface area contributed by atoms with Crippen LogP contribution in [0.1, 0.15) is 11.1 Å². The van der Waals surface area contributed by atoms with E-state index in [2.05, 4.69) is 0 Å². The summed E-state index contributed by atoms with van der Waals surface area (Å²) in [7, 11) is 0. The molecule has 1 aliphatic rings. The number of hydrogen-bond acceptors (Lipinski definition) is 3. The molecule has 0 fully saturated rings. The van der Waals surface area contributed by atoms with Gasteiger partial charge in [-0.05, 0) is 11.1 Å². The first kappa shape index (κ1) is 12.1. The summed E-state index contributed by atoms with van der Waals surface area (Å²) in [5, 5.41) is 11.3. The van der Waals surface area contributed by atoms with Gasteiger partial charge in [-0.25, -0.2) is 0 Å². The Hall–Kier alpha value is -2.00.